The molecule has 1 fully saturated rings. The molecule has 0 aromatic heterocycles. The van der Waals surface area contributed by atoms with Crippen LogP contribution in [0.15, 0.2) is 33.5 Å². The standard InChI is InChI=1S/C21H18Cl2F9N5O2/c1-18(38-5-6-39-18)3-2-4-33-16-12-14(20(27,28)29)34-17(21(30,31)32)35-15(12)36-37(16)13-10(22)7-9(8-11(13)23)19(24,25)26/h7-8,15,33,36H,2-6H2,1H3. The van der Waals surface area contributed by atoms with Crippen LogP contribution < -0.4 is 15.8 Å². The minimum absolute atomic E-state index is 0.0666. The fraction of sp³-hybridized carbons (Fsp3) is 0.524. The molecule has 0 radical (unpaired) electrons. The van der Waals surface area contributed by atoms with E-state index < -0.39 is 74.7 Å². The Kier molecular flexibility index (Phi) is 7.83. The molecular weight excluding hydrogens is 596 g/mol. The van der Waals surface area contributed by atoms with Gasteiger partial charge in [-0.1, -0.05) is 23.2 Å². The first-order valence-corrected chi connectivity index (χ1v) is 11.9. The smallest absolute Gasteiger partial charge is 0.370 e. The van der Waals surface area contributed by atoms with Gasteiger partial charge in [0, 0.05) is 13.0 Å². The highest BCUT2D eigenvalue weighted by atomic mass is 35.5. The topological polar surface area (TPSA) is 70.5 Å². The summed E-state index contributed by atoms with van der Waals surface area (Å²) in [5, 5.41) is 2.13. The fourth-order valence-corrected chi connectivity index (χ4v) is 4.77. The number of hydrazine groups is 1. The van der Waals surface area contributed by atoms with E-state index in [1.807, 2.05) is 0 Å². The molecule has 1 aromatic carbocycles. The molecule has 1 atom stereocenters. The number of hydrogen-bond donors (Lipinski definition) is 2. The first kappa shape index (κ1) is 29.7. The van der Waals surface area contributed by atoms with Gasteiger partial charge in [0.15, 0.2) is 11.5 Å². The second kappa shape index (κ2) is 10.3. The van der Waals surface area contributed by atoms with Crippen LogP contribution in [0.1, 0.15) is 25.3 Å². The molecule has 3 aliphatic rings. The van der Waals surface area contributed by atoms with Gasteiger partial charge in [-0.2, -0.15) is 44.9 Å². The summed E-state index contributed by atoms with van der Waals surface area (Å²) in [6, 6.07) is 0.959. The highest BCUT2D eigenvalue weighted by molar-refractivity contribution is 6.39. The maximum absolute atomic E-state index is 14.0. The number of ether oxygens (including phenoxy) is 2. The SMILES string of the molecule is CC1(CCCNC2=C3C(C(F)(F)F)=NC(C(F)(F)F)=NC3NN2c2c(Cl)cc(C(F)(F)F)cc2Cl)OCCO1. The fourth-order valence-electron chi connectivity index (χ4n) is 4.12. The maximum Gasteiger partial charge on any atom is 0.451 e. The van der Waals surface area contributed by atoms with Crippen molar-refractivity contribution in [1.82, 2.24) is 10.7 Å². The zero-order chi connectivity index (χ0) is 29.0. The molecule has 3 aliphatic heterocycles. The van der Waals surface area contributed by atoms with Crippen molar-refractivity contribution in [3.63, 3.8) is 0 Å². The van der Waals surface area contributed by atoms with Crippen LogP contribution >= 0.6 is 23.2 Å². The van der Waals surface area contributed by atoms with Gasteiger partial charge in [0.05, 0.1) is 40.1 Å². The van der Waals surface area contributed by atoms with Gasteiger partial charge < -0.3 is 14.8 Å². The molecule has 216 valence electrons. The zero-order valence-corrected chi connectivity index (χ0v) is 21.1. The van der Waals surface area contributed by atoms with Gasteiger partial charge in [-0.3, -0.25) is 5.01 Å². The Morgan fingerprint density at radius 2 is 1.59 bits per heavy atom. The Hall–Kier alpha value is -2.27. The molecule has 7 nitrogen and oxygen atoms in total. The minimum atomic E-state index is -5.36. The highest BCUT2D eigenvalue weighted by Gasteiger charge is 2.52. The van der Waals surface area contributed by atoms with Crippen molar-refractivity contribution in [3.05, 3.63) is 39.1 Å². The molecule has 0 aliphatic carbocycles. The van der Waals surface area contributed by atoms with E-state index in [-0.39, 0.29) is 19.4 Å². The first-order chi connectivity index (χ1) is 17.9. The predicted molar refractivity (Wildman–Crippen MR) is 122 cm³/mol. The quantitative estimate of drug-likeness (QED) is 0.305. The zero-order valence-electron chi connectivity index (χ0n) is 19.6. The van der Waals surface area contributed by atoms with Crippen LogP contribution in [0.4, 0.5) is 45.2 Å². The number of rotatable bonds is 6. The number of anilines is 1. The molecule has 18 heteroatoms. The molecular formula is C21H18Cl2F9N5O2. The lowest BCUT2D eigenvalue weighted by Gasteiger charge is -2.27. The lowest BCUT2D eigenvalue weighted by Crippen LogP contribution is -2.43. The molecule has 4 rings (SSSR count). The summed E-state index contributed by atoms with van der Waals surface area (Å²) in [6.45, 7) is 2.28. The first-order valence-electron chi connectivity index (χ1n) is 11.1. The Bertz CT molecular complexity index is 1200. The van der Waals surface area contributed by atoms with E-state index >= 15 is 0 Å². The average molecular weight is 614 g/mol. The predicted octanol–water partition coefficient (Wildman–Crippen LogP) is 5.99. The van der Waals surface area contributed by atoms with Crippen molar-refractivity contribution < 1.29 is 49.0 Å². The Labute approximate surface area is 224 Å². The van der Waals surface area contributed by atoms with Crippen LogP contribution in [0.3, 0.4) is 0 Å². The third-order valence-corrected chi connectivity index (χ3v) is 6.39. The molecule has 1 unspecified atom stereocenters. The van der Waals surface area contributed by atoms with E-state index in [1.165, 1.54) is 0 Å². The second-order valence-electron chi connectivity index (χ2n) is 8.69. The van der Waals surface area contributed by atoms with Crippen molar-refractivity contribution in [2.24, 2.45) is 9.98 Å². The van der Waals surface area contributed by atoms with Gasteiger partial charge in [-0.05, 0) is 25.5 Å². The number of alkyl halides is 9. The number of nitrogens with zero attached hydrogens (tertiary/aromatic N) is 3. The Morgan fingerprint density at radius 1 is 1.00 bits per heavy atom. The summed E-state index contributed by atoms with van der Waals surface area (Å²) >= 11 is 12.1. The lowest BCUT2D eigenvalue weighted by atomic mass is 10.1. The van der Waals surface area contributed by atoms with E-state index in [1.54, 1.807) is 6.92 Å². The van der Waals surface area contributed by atoms with Crippen molar-refractivity contribution in [1.29, 1.82) is 0 Å². The van der Waals surface area contributed by atoms with E-state index in [9.17, 15) is 39.5 Å². The summed E-state index contributed by atoms with van der Waals surface area (Å²) in [4.78, 5) is 6.01. The van der Waals surface area contributed by atoms with Gasteiger partial charge in [-0.25, -0.2) is 9.98 Å². The van der Waals surface area contributed by atoms with E-state index in [0.717, 1.165) is 5.01 Å². The average Bonchev–Trinajstić information content (AvgIpc) is 3.37. The number of hydrogen-bond acceptors (Lipinski definition) is 7. The number of amidine groups is 1. The number of benzene rings is 1. The van der Waals surface area contributed by atoms with Crippen molar-refractivity contribution in [2.45, 2.75) is 50.2 Å². The summed E-state index contributed by atoms with van der Waals surface area (Å²) in [5.41, 5.74) is -2.11. The van der Waals surface area contributed by atoms with Crippen LogP contribution in [0.5, 0.6) is 0 Å². The summed E-state index contributed by atoms with van der Waals surface area (Å²) < 4.78 is 132. The largest absolute Gasteiger partial charge is 0.451 e. The number of halogens is 11. The molecule has 1 saturated heterocycles. The van der Waals surface area contributed by atoms with Crippen molar-refractivity contribution in [3.8, 4) is 0 Å². The van der Waals surface area contributed by atoms with E-state index in [4.69, 9.17) is 32.7 Å². The van der Waals surface area contributed by atoms with Gasteiger partial charge >= 0.3 is 18.5 Å². The minimum Gasteiger partial charge on any atom is -0.370 e. The van der Waals surface area contributed by atoms with Crippen molar-refractivity contribution >= 4 is 40.4 Å². The van der Waals surface area contributed by atoms with Gasteiger partial charge in [-0.15, -0.1) is 0 Å². The summed E-state index contributed by atoms with van der Waals surface area (Å²) in [6.07, 6.45) is -17.0. The number of nitrogens with one attached hydrogen (secondary N) is 2. The third kappa shape index (κ3) is 6.24. The molecule has 0 saturated carbocycles. The Morgan fingerprint density at radius 3 is 2.10 bits per heavy atom. The molecule has 1 aromatic rings. The van der Waals surface area contributed by atoms with Crippen LogP contribution in [0.25, 0.3) is 0 Å². The van der Waals surface area contributed by atoms with Crippen LogP contribution in [-0.4, -0.2) is 55.6 Å². The van der Waals surface area contributed by atoms with Crippen molar-refractivity contribution in [2.75, 3.05) is 24.8 Å². The van der Waals surface area contributed by atoms with Crippen LogP contribution in [0.2, 0.25) is 10.0 Å². The normalized spacial score (nSPS) is 21.7. The summed E-state index contributed by atoms with van der Waals surface area (Å²) in [7, 11) is 0. The Balaban J connectivity index is 1.77. The molecule has 0 bridgehead atoms. The van der Waals surface area contributed by atoms with E-state index in [2.05, 4.69) is 20.7 Å². The van der Waals surface area contributed by atoms with Gasteiger partial charge in [0.2, 0.25) is 5.84 Å². The third-order valence-electron chi connectivity index (χ3n) is 5.82. The maximum atomic E-state index is 14.0. The van der Waals surface area contributed by atoms with Gasteiger partial charge in [0.1, 0.15) is 12.0 Å². The number of aliphatic imine (C=N–C) groups is 2. The highest BCUT2D eigenvalue weighted by Crippen LogP contribution is 2.44. The van der Waals surface area contributed by atoms with E-state index in [0.29, 0.717) is 25.3 Å². The van der Waals surface area contributed by atoms with Gasteiger partial charge in [0.25, 0.3) is 0 Å². The molecule has 3 heterocycles. The number of fused-ring (bicyclic) bond motifs is 1. The monoisotopic (exact) mass is 613 g/mol. The molecule has 0 amide bonds. The lowest BCUT2D eigenvalue weighted by molar-refractivity contribution is -0.147. The molecule has 0 spiro atoms. The molecule has 2 N–H and O–H groups in total. The summed E-state index contributed by atoms with van der Waals surface area (Å²) in [5.74, 6) is -3.49. The molecule has 39 heavy (non-hydrogen) atoms. The second-order valence-corrected chi connectivity index (χ2v) is 9.50. The van der Waals surface area contributed by atoms with Crippen LogP contribution in [0, 0.1) is 0 Å². The van der Waals surface area contributed by atoms with Crippen LogP contribution in [-0.2, 0) is 15.7 Å².